The molecule has 0 aromatic heterocycles. The maximum Gasteiger partial charge on any atom is 0.270 e. The Balaban J connectivity index is 1.54. The van der Waals surface area contributed by atoms with Crippen LogP contribution in [0, 0.1) is 10.1 Å². The van der Waals surface area contributed by atoms with Gasteiger partial charge in [0.25, 0.3) is 17.5 Å². The average Bonchev–Trinajstić information content (AvgIpc) is 3.52. The summed E-state index contributed by atoms with van der Waals surface area (Å²) in [5, 5.41) is 16.7. The topological polar surface area (TPSA) is 114 Å². The minimum absolute atomic E-state index is 0.0333. The van der Waals surface area contributed by atoms with E-state index in [1.54, 1.807) is 12.1 Å². The number of nitrogens with zero attached hydrogens (tertiary/aromatic N) is 2. The molecule has 2 N–H and O–H groups in total. The highest BCUT2D eigenvalue weighted by atomic mass is 16.6. The van der Waals surface area contributed by atoms with Gasteiger partial charge in [0.15, 0.2) is 0 Å². The summed E-state index contributed by atoms with van der Waals surface area (Å²) in [6, 6.07) is 10.8. The van der Waals surface area contributed by atoms with Gasteiger partial charge in [-0.3, -0.25) is 19.7 Å². The van der Waals surface area contributed by atoms with Crippen LogP contribution in [0.1, 0.15) is 46.4 Å². The first kappa shape index (κ1) is 21.8. The zero-order chi connectivity index (χ0) is 22.5. The molecular weight excluding hydrogens is 412 g/mol. The van der Waals surface area contributed by atoms with Crippen molar-refractivity contribution in [1.29, 1.82) is 0 Å². The molecule has 168 valence electrons. The van der Waals surface area contributed by atoms with E-state index in [-0.39, 0.29) is 23.3 Å². The van der Waals surface area contributed by atoms with Crippen LogP contribution in [-0.4, -0.2) is 49.1 Å². The lowest BCUT2D eigenvalue weighted by Crippen LogP contribution is -2.33. The quantitative estimate of drug-likeness (QED) is 0.506. The van der Waals surface area contributed by atoms with Gasteiger partial charge in [0.05, 0.1) is 16.6 Å². The van der Waals surface area contributed by atoms with Gasteiger partial charge in [0.2, 0.25) is 0 Å². The highest BCUT2D eigenvalue weighted by molar-refractivity contribution is 6.06. The molecular formula is C23H26N4O5. The van der Waals surface area contributed by atoms with Crippen LogP contribution < -0.4 is 15.5 Å². The zero-order valence-electron chi connectivity index (χ0n) is 17.7. The Bertz CT molecular complexity index is 1010. The molecule has 2 saturated heterocycles. The normalized spacial score (nSPS) is 17.9. The van der Waals surface area contributed by atoms with Gasteiger partial charge >= 0.3 is 0 Å². The number of ether oxygens (including phenoxy) is 1. The highest BCUT2D eigenvalue weighted by Crippen LogP contribution is 2.28. The van der Waals surface area contributed by atoms with E-state index in [2.05, 4.69) is 15.5 Å². The van der Waals surface area contributed by atoms with Crippen molar-refractivity contribution in [2.75, 3.05) is 36.5 Å². The number of benzene rings is 2. The molecule has 32 heavy (non-hydrogen) atoms. The summed E-state index contributed by atoms with van der Waals surface area (Å²) < 4.78 is 5.59. The van der Waals surface area contributed by atoms with E-state index in [1.165, 1.54) is 24.3 Å². The Labute approximate surface area is 185 Å². The van der Waals surface area contributed by atoms with Gasteiger partial charge in [-0.15, -0.1) is 0 Å². The van der Waals surface area contributed by atoms with Crippen LogP contribution in [0.25, 0.3) is 0 Å². The summed E-state index contributed by atoms with van der Waals surface area (Å²) >= 11 is 0. The molecule has 2 heterocycles. The van der Waals surface area contributed by atoms with E-state index in [1.807, 2.05) is 6.07 Å². The van der Waals surface area contributed by atoms with Crippen LogP contribution in [0.15, 0.2) is 42.5 Å². The van der Waals surface area contributed by atoms with Crippen molar-refractivity contribution >= 4 is 28.9 Å². The summed E-state index contributed by atoms with van der Waals surface area (Å²) in [5.41, 5.74) is 1.79. The number of non-ortho nitro benzene ring substituents is 1. The van der Waals surface area contributed by atoms with Crippen LogP contribution in [0.3, 0.4) is 0 Å². The molecule has 9 heteroatoms. The molecule has 0 radical (unpaired) electrons. The van der Waals surface area contributed by atoms with Crippen LogP contribution >= 0.6 is 0 Å². The fourth-order valence-electron chi connectivity index (χ4n) is 4.10. The summed E-state index contributed by atoms with van der Waals surface area (Å²) in [6.07, 6.45) is 4.10. The van der Waals surface area contributed by atoms with E-state index in [4.69, 9.17) is 4.74 Å². The number of hydrogen-bond acceptors (Lipinski definition) is 6. The predicted molar refractivity (Wildman–Crippen MR) is 120 cm³/mol. The molecule has 4 rings (SSSR count). The van der Waals surface area contributed by atoms with Gasteiger partial charge in [-0.1, -0.05) is 6.07 Å². The maximum absolute atomic E-state index is 13.0. The molecule has 0 aliphatic carbocycles. The molecule has 2 aromatic rings. The monoisotopic (exact) mass is 438 g/mol. The molecule has 1 atom stereocenters. The van der Waals surface area contributed by atoms with E-state index >= 15 is 0 Å². The SMILES string of the molecule is O=C(Nc1ccc(N2CCCC2)c(C(=O)NCC2CCCO2)c1)c1cccc([N+](=O)[O-])c1. The van der Waals surface area contributed by atoms with Crippen LogP contribution in [-0.2, 0) is 4.74 Å². The second kappa shape index (κ2) is 9.78. The van der Waals surface area contributed by atoms with E-state index in [0.717, 1.165) is 51.1 Å². The van der Waals surface area contributed by atoms with Crippen molar-refractivity contribution in [3.8, 4) is 0 Å². The van der Waals surface area contributed by atoms with Gasteiger partial charge < -0.3 is 20.3 Å². The first-order valence-corrected chi connectivity index (χ1v) is 10.9. The van der Waals surface area contributed by atoms with Gasteiger partial charge in [-0.05, 0) is 49.9 Å². The van der Waals surface area contributed by atoms with Crippen molar-refractivity contribution in [3.63, 3.8) is 0 Å². The molecule has 1 unspecified atom stereocenters. The second-order valence-electron chi connectivity index (χ2n) is 8.03. The Morgan fingerprint density at radius 3 is 2.62 bits per heavy atom. The third-order valence-corrected chi connectivity index (χ3v) is 5.78. The van der Waals surface area contributed by atoms with Gasteiger partial charge in [-0.25, -0.2) is 0 Å². The lowest BCUT2D eigenvalue weighted by atomic mass is 10.1. The first-order chi connectivity index (χ1) is 15.5. The standard InChI is InChI=1S/C23H26N4O5/c28-22(16-5-3-6-18(13-16)27(30)31)25-17-8-9-21(26-10-1-2-11-26)20(14-17)23(29)24-15-19-7-4-12-32-19/h3,5-6,8-9,13-14,19H,1-2,4,7,10-12,15H2,(H,24,29)(H,25,28). The molecule has 2 aromatic carbocycles. The van der Waals surface area contributed by atoms with Crippen molar-refractivity contribution in [3.05, 3.63) is 63.7 Å². The molecule has 2 aliphatic heterocycles. The summed E-state index contributed by atoms with van der Waals surface area (Å²) in [6.45, 7) is 2.93. The number of nitro groups is 1. The summed E-state index contributed by atoms with van der Waals surface area (Å²) in [7, 11) is 0. The first-order valence-electron chi connectivity index (χ1n) is 10.9. The molecule has 0 saturated carbocycles. The molecule has 2 aliphatic rings. The summed E-state index contributed by atoms with van der Waals surface area (Å²) in [5.74, 6) is -0.692. The molecule has 2 amide bonds. The molecule has 2 fully saturated rings. The van der Waals surface area contributed by atoms with Gasteiger partial charge in [0.1, 0.15) is 0 Å². The van der Waals surface area contributed by atoms with Crippen LogP contribution in [0.4, 0.5) is 17.1 Å². The highest BCUT2D eigenvalue weighted by Gasteiger charge is 2.22. The fraction of sp³-hybridized carbons (Fsp3) is 0.391. The Kier molecular flexibility index (Phi) is 6.65. The van der Waals surface area contributed by atoms with E-state index in [9.17, 15) is 19.7 Å². The average molecular weight is 438 g/mol. The number of nitro benzene ring substituents is 1. The number of amides is 2. The van der Waals surface area contributed by atoms with Crippen molar-refractivity contribution in [2.24, 2.45) is 0 Å². The third-order valence-electron chi connectivity index (χ3n) is 5.78. The third kappa shape index (κ3) is 5.05. The molecule has 0 spiro atoms. The maximum atomic E-state index is 13.0. The number of anilines is 2. The fourth-order valence-corrected chi connectivity index (χ4v) is 4.10. The number of carbonyl (C=O) groups is 2. The number of carbonyl (C=O) groups excluding carboxylic acids is 2. The van der Waals surface area contributed by atoms with Gasteiger partial charge in [-0.2, -0.15) is 0 Å². The Morgan fingerprint density at radius 2 is 1.91 bits per heavy atom. The largest absolute Gasteiger partial charge is 0.376 e. The van der Waals surface area contributed by atoms with Crippen molar-refractivity contribution in [1.82, 2.24) is 5.32 Å². The minimum atomic E-state index is -0.544. The number of nitrogens with one attached hydrogen (secondary N) is 2. The number of rotatable bonds is 7. The van der Waals surface area contributed by atoms with E-state index in [0.29, 0.717) is 17.8 Å². The molecule has 9 nitrogen and oxygen atoms in total. The van der Waals surface area contributed by atoms with Crippen molar-refractivity contribution in [2.45, 2.75) is 31.8 Å². The zero-order valence-corrected chi connectivity index (χ0v) is 17.7. The lowest BCUT2D eigenvalue weighted by molar-refractivity contribution is -0.384. The van der Waals surface area contributed by atoms with Crippen molar-refractivity contribution < 1.29 is 19.2 Å². The smallest absolute Gasteiger partial charge is 0.270 e. The van der Waals surface area contributed by atoms with Crippen LogP contribution in [0.5, 0.6) is 0 Å². The minimum Gasteiger partial charge on any atom is -0.376 e. The lowest BCUT2D eigenvalue weighted by Gasteiger charge is -2.22. The Hall–Kier alpha value is -3.46. The van der Waals surface area contributed by atoms with E-state index < -0.39 is 10.8 Å². The predicted octanol–water partition coefficient (Wildman–Crippen LogP) is 3.36. The number of hydrogen-bond donors (Lipinski definition) is 2. The summed E-state index contributed by atoms with van der Waals surface area (Å²) in [4.78, 5) is 38.3. The Morgan fingerprint density at radius 1 is 1.09 bits per heavy atom. The second-order valence-corrected chi connectivity index (χ2v) is 8.03. The van der Waals surface area contributed by atoms with Crippen LogP contribution in [0.2, 0.25) is 0 Å². The molecule has 0 bridgehead atoms. The van der Waals surface area contributed by atoms with Gasteiger partial charge in [0, 0.05) is 55.3 Å².